The molecule has 33 heavy (non-hydrogen) atoms. The number of rotatable bonds is 7. The maximum Gasteiger partial charge on any atom is 0.241 e. The largest absolute Gasteiger partial charge is 0.379 e. The Morgan fingerprint density at radius 3 is 2.42 bits per heavy atom. The number of sulfone groups is 1. The fraction of sp³-hybridized carbons (Fsp3) is 0.458. The number of hydrogen-bond donors (Lipinski definition) is 1. The van der Waals surface area contributed by atoms with Crippen LogP contribution < -0.4 is 5.32 Å². The lowest BCUT2D eigenvalue weighted by atomic mass is 10.0. The molecule has 178 valence electrons. The summed E-state index contributed by atoms with van der Waals surface area (Å²) in [4.78, 5) is 15.7. The van der Waals surface area contributed by atoms with Crippen molar-refractivity contribution in [3.63, 3.8) is 0 Å². The molecule has 4 rings (SSSR count). The third-order valence-corrected chi connectivity index (χ3v) is 9.41. The molecule has 2 aromatic rings. The second-order valence-corrected chi connectivity index (χ2v) is 11.3. The predicted octanol–water partition coefficient (Wildman–Crippen LogP) is 3.76. The van der Waals surface area contributed by atoms with Crippen LogP contribution in [-0.4, -0.2) is 56.8 Å². The van der Waals surface area contributed by atoms with Crippen molar-refractivity contribution in [2.75, 3.05) is 32.8 Å². The Morgan fingerprint density at radius 2 is 1.79 bits per heavy atom. The Hall–Kier alpha value is -2.00. The number of carbonyl (C=O) groups is 1. The smallest absolute Gasteiger partial charge is 0.241 e. The minimum atomic E-state index is -3.92. The average molecular weight is 495 g/mol. The van der Waals surface area contributed by atoms with Crippen molar-refractivity contribution in [2.24, 2.45) is 0 Å². The second kappa shape index (κ2) is 10.1. The fourth-order valence-corrected chi connectivity index (χ4v) is 7.03. The number of nitrogens with zero attached hydrogens (tertiary/aromatic N) is 1. The van der Waals surface area contributed by atoms with E-state index in [2.05, 4.69) is 10.2 Å². The van der Waals surface area contributed by atoms with Crippen molar-refractivity contribution in [1.29, 1.82) is 0 Å². The highest BCUT2D eigenvalue weighted by molar-refractivity contribution is 7.93. The summed E-state index contributed by atoms with van der Waals surface area (Å²) in [6, 6.07) is 12.0. The molecule has 1 saturated heterocycles. The number of nitrogens with one attached hydrogen (secondary N) is 1. The van der Waals surface area contributed by atoms with E-state index >= 15 is 0 Å². The van der Waals surface area contributed by atoms with E-state index in [0.29, 0.717) is 44.2 Å². The maximum absolute atomic E-state index is 14.0. The van der Waals surface area contributed by atoms with E-state index in [1.165, 1.54) is 36.4 Å². The minimum Gasteiger partial charge on any atom is -0.379 e. The molecular weight excluding hydrogens is 467 g/mol. The molecule has 2 aromatic carbocycles. The molecule has 1 saturated carbocycles. The van der Waals surface area contributed by atoms with Gasteiger partial charge in [-0.25, -0.2) is 12.8 Å². The molecule has 0 aromatic heterocycles. The van der Waals surface area contributed by atoms with Crippen LogP contribution in [0.15, 0.2) is 53.4 Å². The number of benzene rings is 2. The molecule has 2 aliphatic rings. The summed E-state index contributed by atoms with van der Waals surface area (Å²) in [6.07, 6.45) is 1.87. The molecule has 0 bridgehead atoms. The van der Waals surface area contributed by atoms with Gasteiger partial charge in [-0.3, -0.25) is 9.69 Å². The molecule has 0 spiro atoms. The van der Waals surface area contributed by atoms with Crippen LogP contribution in [0.3, 0.4) is 0 Å². The molecule has 1 atom stereocenters. The zero-order chi connectivity index (χ0) is 23.5. The van der Waals surface area contributed by atoms with E-state index < -0.39 is 20.5 Å². The Balaban J connectivity index is 1.59. The quantitative estimate of drug-likeness (QED) is 0.634. The van der Waals surface area contributed by atoms with Crippen LogP contribution in [0.2, 0.25) is 5.02 Å². The highest BCUT2D eigenvalue weighted by Gasteiger charge is 2.53. The summed E-state index contributed by atoms with van der Waals surface area (Å²) in [5.74, 6) is -0.848. The molecule has 1 aliphatic carbocycles. The van der Waals surface area contributed by atoms with Gasteiger partial charge in [0.15, 0.2) is 14.6 Å². The molecule has 6 nitrogen and oxygen atoms in total. The highest BCUT2D eigenvalue weighted by atomic mass is 35.5. The first kappa shape index (κ1) is 24.1. The highest BCUT2D eigenvalue weighted by Crippen LogP contribution is 2.41. The molecule has 1 heterocycles. The standard InChI is InChI=1S/C24H28ClFN2O4S/c25-19-6-8-21(9-7-19)33(30,31)24(10-1-2-11-24)23(29)27-17-22(28-12-14-32-15-13-28)18-4-3-5-20(26)16-18/h3-9,16,22H,1-2,10-15,17H2,(H,27,29). The van der Waals surface area contributed by atoms with Gasteiger partial charge in [-0.15, -0.1) is 0 Å². The van der Waals surface area contributed by atoms with Crippen LogP contribution in [0.5, 0.6) is 0 Å². The third-order valence-electron chi connectivity index (χ3n) is 6.64. The topological polar surface area (TPSA) is 75.7 Å². The SMILES string of the molecule is O=C(NCC(c1cccc(F)c1)N1CCOCC1)C1(S(=O)(=O)c2ccc(Cl)cc2)CCCC1. The van der Waals surface area contributed by atoms with Gasteiger partial charge in [-0.05, 0) is 54.8 Å². The average Bonchev–Trinajstić information content (AvgIpc) is 3.32. The lowest BCUT2D eigenvalue weighted by Gasteiger charge is -2.36. The van der Waals surface area contributed by atoms with Crippen LogP contribution in [0.1, 0.15) is 37.3 Å². The Labute approximate surface area is 199 Å². The predicted molar refractivity (Wildman–Crippen MR) is 124 cm³/mol. The van der Waals surface area contributed by atoms with Crippen LogP contribution in [-0.2, 0) is 19.4 Å². The van der Waals surface area contributed by atoms with Crippen molar-refractivity contribution in [1.82, 2.24) is 10.2 Å². The molecular formula is C24H28ClFN2O4S. The normalized spacial score (nSPS) is 19.8. The Bertz CT molecular complexity index is 1080. The van der Waals surface area contributed by atoms with E-state index in [1.807, 2.05) is 6.07 Å². The van der Waals surface area contributed by atoms with Crippen molar-refractivity contribution in [3.8, 4) is 0 Å². The number of morpholine rings is 1. The molecule has 1 aliphatic heterocycles. The zero-order valence-electron chi connectivity index (χ0n) is 18.3. The summed E-state index contributed by atoms with van der Waals surface area (Å²) < 4.78 is 45.1. The monoisotopic (exact) mass is 494 g/mol. The lowest BCUT2D eigenvalue weighted by Crippen LogP contribution is -2.53. The molecule has 1 N–H and O–H groups in total. The van der Waals surface area contributed by atoms with Crippen molar-refractivity contribution in [2.45, 2.75) is 41.4 Å². The summed E-state index contributed by atoms with van der Waals surface area (Å²) in [5.41, 5.74) is 0.734. The van der Waals surface area contributed by atoms with Gasteiger partial charge in [0.1, 0.15) is 5.82 Å². The summed E-state index contributed by atoms with van der Waals surface area (Å²) in [5, 5.41) is 3.35. The van der Waals surface area contributed by atoms with E-state index in [9.17, 15) is 17.6 Å². The van der Waals surface area contributed by atoms with Gasteiger partial charge in [0.2, 0.25) is 5.91 Å². The van der Waals surface area contributed by atoms with Gasteiger partial charge in [0.05, 0.1) is 24.2 Å². The van der Waals surface area contributed by atoms with E-state index in [0.717, 1.165) is 5.56 Å². The summed E-state index contributed by atoms with van der Waals surface area (Å²) >= 11 is 5.93. The zero-order valence-corrected chi connectivity index (χ0v) is 19.9. The first-order valence-electron chi connectivity index (χ1n) is 11.2. The van der Waals surface area contributed by atoms with Crippen LogP contribution >= 0.6 is 11.6 Å². The number of ether oxygens (including phenoxy) is 1. The van der Waals surface area contributed by atoms with E-state index in [-0.39, 0.29) is 36.1 Å². The molecule has 2 fully saturated rings. The second-order valence-electron chi connectivity index (χ2n) is 8.59. The van der Waals surface area contributed by atoms with Crippen molar-refractivity contribution < 1.29 is 22.3 Å². The van der Waals surface area contributed by atoms with E-state index in [1.54, 1.807) is 6.07 Å². The van der Waals surface area contributed by atoms with Gasteiger partial charge >= 0.3 is 0 Å². The van der Waals surface area contributed by atoms with Gasteiger partial charge in [0.25, 0.3) is 0 Å². The number of carbonyl (C=O) groups excluding carboxylic acids is 1. The summed E-state index contributed by atoms with van der Waals surface area (Å²) in [7, 11) is -3.92. The van der Waals surface area contributed by atoms with Gasteiger partial charge in [-0.2, -0.15) is 0 Å². The first-order chi connectivity index (χ1) is 15.8. The van der Waals surface area contributed by atoms with Gasteiger partial charge in [0, 0.05) is 24.7 Å². The minimum absolute atomic E-state index is 0.0961. The summed E-state index contributed by atoms with van der Waals surface area (Å²) in [6.45, 7) is 2.57. The van der Waals surface area contributed by atoms with Crippen molar-refractivity contribution >= 4 is 27.3 Å². The van der Waals surface area contributed by atoms with Crippen molar-refractivity contribution in [3.05, 3.63) is 64.9 Å². The molecule has 1 unspecified atom stereocenters. The van der Waals surface area contributed by atoms with Gasteiger partial charge < -0.3 is 10.1 Å². The van der Waals surface area contributed by atoms with Gasteiger partial charge in [-0.1, -0.05) is 36.6 Å². The fourth-order valence-electron chi connectivity index (χ4n) is 4.81. The Morgan fingerprint density at radius 1 is 1.12 bits per heavy atom. The number of halogens is 2. The maximum atomic E-state index is 14.0. The van der Waals surface area contributed by atoms with Crippen LogP contribution in [0, 0.1) is 5.82 Å². The molecule has 0 radical (unpaired) electrons. The number of amides is 1. The first-order valence-corrected chi connectivity index (χ1v) is 13.1. The van der Waals surface area contributed by atoms with Crippen LogP contribution in [0.25, 0.3) is 0 Å². The lowest BCUT2D eigenvalue weighted by molar-refractivity contribution is -0.123. The Kier molecular flexibility index (Phi) is 7.38. The number of hydrogen-bond acceptors (Lipinski definition) is 5. The molecule has 9 heteroatoms. The third kappa shape index (κ3) is 4.94. The van der Waals surface area contributed by atoms with Crippen LogP contribution in [0.4, 0.5) is 4.39 Å². The molecule has 1 amide bonds. The van der Waals surface area contributed by atoms with E-state index in [4.69, 9.17) is 16.3 Å².